The number of rotatable bonds is 2. The Morgan fingerprint density at radius 1 is 0.875 bits per heavy atom. The largest absolute Gasteiger partial charge is 0.130 e. The molecule has 0 N–H and O–H groups in total. The van der Waals surface area contributed by atoms with Crippen LogP contribution in [0.15, 0.2) is 28.7 Å². The van der Waals surface area contributed by atoms with E-state index in [-0.39, 0.29) is 5.38 Å². The van der Waals surface area contributed by atoms with E-state index in [1.54, 1.807) is 22.7 Å². The second kappa shape index (κ2) is 5.72. The van der Waals surface area contributed by atoms with Gasteiger partial charge in [-0.1, -0.05) is 0 Å². The minimum Gasteiger partial charge on any atom is -0.130 e. The van der Waals surface area contributed by atoms with E-state index in [0.29, 0.717) is 0 Å². The lowest BCUT2D eigenvalue weighted by atomic mass is 10.3. The molecule has 0 aliphatic heterocycles. The van der Waals surface area contributed by atoms with Crippen LogP contribution in [0.25, 0.3) is 0 Å². The smallest absolute Gasteiger partial charge is 0.102 e. The van der Waals surface area contributed by atoms with Crippen molar-refractivity contribution in [3.63, 3.8) is 0 Å². The molecule has 0 saturated carbocycles. The number of halogens is 5. The van der Waals surface area contributed by atoms with Gasteiger partial charge in [0.1, 0.15) is 5.38 Å². The molecule has 0 atom stereocenters. The van der Waals surface area contributed by atoms with Crippen molar-refractivity contribution in [2.24, 2.45) is 0 Å². The van der Waals surface area contributed by atoms with Gasteiger partial charge in [-0.3, -0.25) is 0 Å². The fraction of sp³-hybridized carbons (Fsp3) is 0.111. The molecule has 16 heavy (non-hydrogen) atoms. The normalized spacial score (nSPS) is 11.4. The molecule has 0 aliphatic rings. The van der Waals surface area contributed by atoms with Crippen LogP contribution in [0.1, 0.15) is 15.1 Å². The highest BCUT2D eigenvalue weighted by molar-refractivity contribution is 9.13. The average molecular weight is 530 g/mol. The maximum absolute atomic E-state index is 6.44. The Bertz CT molecular complexity index is 434. The zero-order valence-corrected chi connectivity index (χ0v) is 16.2. The van der Waals surface area contributed by atoms with Crippen molar-refractivity contribution in [3.8, 4) is 0 Å². The summed E-state index contributed by atoms with van der Waals surface area (Å²) >= 11 is 23.6. The molecule has 2 aromatic heterocycles. The van der Waals surface area contributed by atoms with Crippen LogP contribution in [0.4, 0.5) is 0 Å². The summed E-state index contributed by atoms with van der Waals surface area (Å²) in [6.45, 7) is 0. The van der Waals surface area contributed by atoms with Crippen LogP contribution in [0, 0.1) is 0 Å². The summed E-state index contributed by atoms with van der Waals surface area (Å²) in [5.74, 6) is 0. The van der Waals surface area contributed by atoms with Crippen LogP contribution in [0.2, 0.25) is 0 Å². The predicted molar refractivity (Wildman–Crippen MR) is 87.1 cm³/mol. The second-order valence-electron chi connectivity index (χ2n) is 2.90. The summed E-state index contributed by atoms with van der Waals surface area (Å²) in [6, 6.07) is 4.10. The van der Waals surface area contributed by atoms with Crippen LogP contribution < -0.4 is 0 Å². The predicted octanol–water partition coefficient (Wildman–Crippen LogP) is 7.19. The number of hydrogen-bond donors (Lipinski definition) is 0. The van der Waals surface area contributed by atoms with Gasteiger partial charge in [-0.15, -0.1) is 34.3 Å². The first-order valence-corrected chi connectivity index (χ1v) is 9.26. The van der Waals surface area contributed by atoms with Crippen LogP contribution in [0.5, 0.6) is 0 Å². The Morgan fingerprint density at radius 3 is 1.50 bits per heavy atom. The molecule has 0 saturated heterocycles. The van der Waals surface area contributed by atoms with Crippen molar-refractivity contribution in [1.29, 1.82) is 0 Å². The lowest BCUT2D eigenvalue weighted by Gasteiger charge is -2.02. The highest BCUT2D eigenvalue weighted by Crippen LogP contribution is 2.44. The Kier molecular flexibility index (Phi) is 5.01. The number of alkyl halides is 1. The SMILES string of the molecule is ClC(c1cc(Br)c(Br)s1)c1cc(Br)c(Br)s1. The van der Waals surface area contributed by atoms with E-state index >= 15 is 0 Å². The summed E-state index contributed by atoms with van der Waals surface area (Å²) in [6.07, 6.45) is 0. The van der Waals surface area contributed by atoms with Gasteiger partial charge in [-0.05, 0) is 75.9 Å². The van der Waals surface area contributed by atoms with Crippen molar-refractivity contribution < 1.29 is 0 Å². The summed E-state index contributed by atoms with van der Waals surface area (Å²) < 4.78 is 4.24. The monoisotopic (exact) mass is 526 g/mol. The lowest BCUT2D eigenvalue weighted by molar-refractivity contribution is 1.24. The summed E-state index contributed by atoms with van der Waals surface area (Å²) in [5.41, 5.74) is 0. The summed E-state index contributed by atoms with van der Waals surface area (Å²) in [7, 11) is 0. The van der Waals surface area contributed by atoms with Gasteiger partial charge in [0.25, 0.3) is 0 Å². The van der Waals surface area contributed by atoms with Gasteiger partial charge in [0, 0.05) is 18.7 Å². The Labute approximate surface area is 140 Å². The van der Waals surface area contributed by atoms with Crippen molar-refractivity contribution in [2.75, 3.05) is 0 Å². The lowest BCUT2D eigenvalue weighted by Crippen LogP contribution is -1.84. The second-order valence-corrected chi connectivity index (χ2v) is 9.85. The van der Waals surface area contributed by atoms with Gasteiger partial charge in [-0.25, -0.2) is 0 Å². The van der Waals surface area contributed by atoms with E-state index in [2.05, 4.69) is 63.7 Å². The number of hydrogen-bond acceptors (Lipinski definition) is 2. The Balaban J connectivity index is 2.34. The molecule has 0 aromatic carbocycles. The summed E-state index contributed by atoms with van der Waals surface area (Å²) in [5, 5.41) is -0.0970. The minimum absolute atomic E-state index is 0.0970. The fourth-order valence-electron chi connectivity index (χ4n) is 1.12. The molecule has 0 nitrogen and oxygen atoms in total. The van der Waals surface area contributed by atoms with Crippen LogP contribution in [-0.2, 0) is 0 Å². The fourth-order valence-corrected chi connectivity index (χ4v) is 5.76. The van der Waals surface area contributed by atoms with E-state index in [1.165, 1.54) is 0 Å². The molecule has 0 aliphatic carbocycles. The molecule has 0 radical (unpaired) electrons. The number of thiophene rings is 2. The molecule has 86 valence electrons. The van der Waals surface area contributed by atoms with Crippen LogP contribution >= 0.6 is 98.0 Å². The van der Waals surface area contributed by atoms with Gasteiger partial charge in [-0.2, -0.15) is 0 Å². The van der Waals surface area contributed by atoms with Crippen molar-refractivity contribution in [2.45, 2.75) is 5.38 Å². The van der Waals surface area contributed by atoms with Crippen molar-refractivity contribution in [1.82, 2.24) is 0 Å². The molecule has 0 spiro atoms. The van der Waals surface area contributed by atoms with Gasteiger partial charge >= 0.3 is 0 Å². The maximum atomic E-state index is 6.44. The highest BCUT2D eigenvalue weighted by Gasteiger charge is 2.18. The molecule has 2 aromatic rings. The first-order valence-electron chi connectivity index (χ1n) is 4.02. The van der Waals surface area contributed by atoms with E-state index in [9.17, 15) is 0 Å². The van der Waals surface area contributed by atoms with Gasteiger partial charge < -0.3 is 0 Å². The van der Waals surface area contributed by atoms with E-state index in [4.69, 9.17) is 11.6 Å². The molecule has 0 unspecified atom stereocenters. The molecule has 7 heteroatoms. The van der Waals surface area contributed by atoms with Gasteiger partial charge in [0.05, 0.1) is 7.57 Å². The maximum Gasteiger partial charge on any atom is 0.102 e. The third kappa shape index (κ3) is 2.95. The molecule has 0 amide bonds. The highest BCUT2D eigenvalue weighted by atomic mass is 79.9. The van der Waals surface area contributed by atoms with E-state index in [0.717, 1.165) is 26.3 Å². The Hall–Kier alpha value is 1.61. The molecule has 2 rings (SSSR count). The molecule has 0 fully saturated rings. The molecule has 0 bridgehead atoms. The van der Waals surface area contributed by atoms with Gasteiger partial charge in [0.2, 0.25) is 0 Å². The Morgan fingerprint density at radius 2 is 1.25 bits per heavy atom. The van der Waals surface area contributed by atoms with Crippen molar-refractivity contribution >= 4 is 98.0 Å². The minimum atomic E-state index is -0.0970. The van der Waals surface area contributed by atoms with Crippen molar-refractivity contribution in [3.05, 3.63) is 38.4 Å². The zero-order valence-electron chi connectivity index (χ0n) is 7.44. The third-order valence-corrected chi connectivity index (χ3v) is 9.20. The molecular weight excluding hydrogens is 527 g/mol. The standard InChI is InChI=1S/C9H3Br4ClS2/c10-3-1-5(15-8(3)12)7(14)6-2-4(11)9(13)16-6/h1-2,7H. The van der Waals surface area contributed by atoms with Crippen LogP contribution in [0.3, 0.4) is 0 Å². The zero-order chi connectivity index (χ0) is 11.9. The quantitative estimate of drug-likeness (QED) is 0.361. The van der Waals surface area contributed by atoms with E-state index < -0.39 is 0 Å². The van der Waals surface area contributed by atoms with E-state index in [1.807, 2.05) is 12.1 Å². The molecule has 2 heterocycles. The van der Waals surface area contributed by atoms with Gasteiger partial charge in [0.15, 0.2) is 0 Å². The van der Waals surface area contributed by atoms with Crippen LogP contribution in [-0.4, -0.2) is 0 Å². The average Bonchev–Trinajstić information content (AvgIpc) is 2.72. The first kappa shape index (κ1) is 14.0. The topological polar surface area (TPSA) is 0 Å². The third-order valence-electron chi connectivity index (χ3n) is 1.83. The molecular formula is C9H3Br4ClS2. The first-order chi connectivity index (χ1) is 7.49. The summed E-state index contributed by atoms with van der Waals surface area (Å²) in [4.78, 5) is 2.25.